The molecule has 0 aliphatic carbocycles. The average Bonchev–Trinajstić information content (AvgIpc) is 3.01. The Bertz CT molecular complexity index is 942. The van der Waals surface area contributed by atoms with Crippen LogP contribution < -0.4 is 0 Å². The van der Waals surface area contributed by atoms with Crippen LogP contribution in [0.25, 0.3) is 10.9 Å². The first-order valence-electron chi connectivity index (χ1n) is 8.52. The number of carbonyl (C=O) groups excluding carboxylic acids is 1. The summed E-state index contributed by atoms with van der Waals surface area (Å²) in [4.78, 5) is 18.2. The predicted molar refractivity (Wildman–Crippen MR) is 96.9 cm³/mol. The third-order valence-electron chi connectivity index (χ3n) is 4.71. The third-order valence-corrected chi connectivity index (χ3v) is 4.71. The summed E-state index contributed by atoms with van der Waals surface area (Å²) < 4.78 is 29.4. The SMILES string of the molecule is CCN(C)C(=O)Cn1ccc2c(Cc3c(C)cc(F)cc3F)nccc21. The molecule has 0 unspecified atom stereocenters. The molecule has 0 aliphatic heterocycles. The van der Waals surface area contributed by atoms with Gasteiger partial charge in [0.2, 0.25) is 5.91 Å². The highest BCUT2D eigenvalue weighted by Crippen LogP contribution is 2.24. The lowest BCUT2D eigenvalue weighted by molar-refractivity contribution is -0.130. The molecule has 1 amide bonds. The molecule has 0 N–H and O–H groups in total. The molecule has 0 saturated heterocycles. The van der Waals surface area contributed by atoms with Gasteiger partial charge in [0, 0.05) is 43.9 Å². The first kappa shape index (κ1) is 18.0. The molecule has 3 rings (SSSR count). The molecule has 2 aromatic heterocycles. The first-order chi connectivity index (χ1) is 12.4. The molecule has 26 heavy (non-hydrogen) atoms. The van der Waals surface area contributed by atoms with E-state index in [9.17, 15) is 13.6 Å². The Morgan fingerprint density at radius 3 is 2.73 bits per heavy atom. The van der Waals surface area contributed by atoms with Crippen molar-refractivity contribution >= 4 is 16.8 Å². The van der Waals surface area contributed by atoms with Crippen LogP contribution >= 0.6 is 0 Å². The van der Waals surface area contributed by atoms with E-state index < -0.39 is 11.6 Å². The molecule has 3 aromatic rings. The summed E-state index contributed by atoms with van der Waals surface area (Å²) in [5, 5.41) is 0.863. The summed E-state index contributed by atoms with van der Waals surface area (Å²) in [6.45, 7) is 4.49. The van der Waals surface area contributed by atoms with Gasteiger partial charge in [-0.2, -0.15) is 0 Å². The van der Waals surface area contributed by atoms with Crippen molar-refractivity contribution < 1.29 is 13.6 Å². The highest BCUT2D eigenvalue weighted by molar-refractivity contribution is 5.85. The summed E-state index contributed by atoms with van der Waals surface area (Å²) in [5.74, 6) is -1.14. The van der Waals surface area contributed by atoms with Crippen LogP contribution in [0, 0.1) is 18.6 Å². The van der Waals surface area contributed by atoms with E-state index in [1.54, 1.807) is 25.1 Å². The second kappa shape index (κ2) is 7.23. The topological polar surface area (TPSA) is 38.1 Å². The van der Waals surface area contributed by atoms with Crippen LogP contribution in [0.1, 0.15) is 23.7 Å². The Morgan fingerprint density at radius 2 is 2.04 bits per heavy atom. The maximum absolute atomic E-state index is 14.2. The van der Waals surface area contributed by atoms with Crippen molar-refractivity contribution in [2.45, 2.75) is 26.8 Å². The van der Waals surface area contributed by atoms with Crippen molar-refractivity contribution in [2.75, 3.05) is 13.6 Å². The standard InChI is InChI=1S/C20H21F2N3O/c1-4-24(3)20(26)12-25-8-6-15-18(23-7-5-19(15)25)11-16-13(2)9-14(21)10-17(16)22/h5-10H,4,11-12H2,1-3H3. The second-order valence-electron chi connectivity index (χ2n) is 6.40. The van der Waals surface area contributed by atoms with E-state index in [4.69, 9.17) is 0 Å². The number of rotatable bonds is 5. The maximum Gasteiger partial charge on any atom is 0.242 e. The third kappa shape index (κ3) is 3.45. The lowest BCUT2D eigenvalue weighted by Gasteiger charge is -2.15. The minimum atomic E-state index is -0.584. The highest BCUT2D eigenvalue weighted by atomic mass is 19.1. The second-order valence-corrected chi connectivity index (χ2v) is 6.40. The van der Waals surface area contributed by atoms with Crippen LogP contribution in [0.4, 0.5) is 8.78 Å². The largest absolute Gasteiger partial charge is 0.344 e. The van der Waals surface area contributed by atoms with E-state index in [-0.39, 0.29) is 18.9 Å². The molecular weight excluding hydrogens is 336 g/mol. The molecule has 2 heterocycles. The number of likely N-dealkylation sites (N-methyl/N-ethyl adjacent to an activating group) is 1. The molecule has 0 spiro atoms. The number of aromatic nitrogens is 2. The molecular formula is C20H21F2N3O. The molecule has 0 fully saturated rings. The molecule has 4 nitrogen and oxygen atoms in total. The van der Waals surface area contributed by atoms with Crippen LogP contribution in [0.3, 0.4) is 0 Å². The van der Waals surface area contributed by atoms with Gasteiger partial charge in [-0.05, 0) is 43.2 Å². The molecule has 6 heteroatoms. The maximum atomic E-state index is 14.2. The number of fused-ring (bicyclic) bond motifs is 1. The van der Waals surface area contributed by atoms with Gasteiger partial charge in [-0.3, -0.25) is 9.78 Å². The van der Waals surface area contributed by atoms with Gasteiger partial charge in [-0.15, -0.1) is 0 Å². The Labute approximate surface area is 151 Å². The molecule has 0 radical (unpaired) electrons. The van der Waals surface area contributed by atoms with Crippen molar-refractivity contribution in [2.24, 2.45) is 0 Å². The zero-order valence-corrected chi connectivity index (χ0v) is 15.1. The van der Waals surface area contributed by atoms with Gasteiger partial charge in [-0.25, -0.2) is 8.78 Å². The van der Waals surface area contributed by atoms with Gasteiger partial charge in [0.1, 0.15) is 18.2 Å². The van der Waals surface area contributed by atoms with Gasteiger partial charge < -0.3 is 9.47 Å². The van der Waals surface area contributed by atoms with E-state index >= 15 is 0 Å². The Morgan fingerprint density at radius 1 is 1.27 bits per heavy atom. The molecule has 0 saturated carbocycles. The fourth-order valence-corrected chi connectivity index (χ4v) is 3.03. The van der Waals surface area contributed by atoms with Gasteiger partial charge in [-0.1, -0.05) is 0 Å². The Kier molecular flexibility index (Phi) is 5.02. The molecule has 1 aromatic carbocycles. The Hall–Kier alpha value is -2.76. The van der Waals surface area contributed by atoms with Crippen molar-refractivity contribution in [1.29, 1.82) is 0 Å². The number of halogens is 2. The average molecular weight is 357 g/mol. The van der Waals surface area contributed by atoms with Gasteiger partial charge in [0.15, 0.2) is 0 Å². The molecule has 0 atom stereocenters. The van der Waals surface area contributed by atoms with E-state index in [2.05, 4.69) is 4.98 Å². The number of carbonyl (C=O) groups is 1. The lowest BCUT2D eigenvalue weighted by atomic mass is 10.0. The monoisotopic (exact) mass is 357 g/mol. The zero-order chi connectivity index (χ0) is 18.8. The lowest BCUT2D eigenvalue weighted by Crippen LogP contribution is -2.29. The molecule has 136 valence electrons. The fraction of sp³-hybridized carbons (Fsp3) is 0.300. The van der Waals surface area contributed by atoms with E-state index in [0.717, 1.165) is 17.0 Å². The van der Waals surface area contributed by atoms with Crippen LogP contribution in [0.15, 0.2) is 36.7 Å². The number of benzene rings is 1. The number of aryl methyl sites for hydroxylation is 1. The Balaban J connectivity index is 1.96. The summed E-state index contributed by atoms with van der Waals surface area (Å²) in [5.41, 5.74) is 2.56. The van der Waals surface area contributed by atoms with Crippen molar-refractivity contribution in [3.63, 3.8) is 0 Å². The number of amides is 1. The quantitative estimate of drug-likeness (QED) is 0.698. The molecule has 0 aliphatic rings. The van der Waals surface area contributed by atoms with Crippen LogP contribution in [0.5, 0.6) is 0 Å². The van der Waals surface area contributed by atoms with Gasteiger partial charge in [0.05, 0.1) is 11.2 Å². The predicted octanol–water partition coefficient (Wildman–Crippen LogP) is 3.69. The van der Waals surface area contributed by atoms with Crippen molar-refractivity contribution in [3.05, 3.63) is 65.1 Å². The number of hydrogen-bond acceptors (Lipinski definition) is 2. The summed E-state index contributed by atoms with van der Waals surface area (Å²) >= 11 is 0. The van der Waals surface area contributed by atoms with Gasteiger partial charge in [0.25, 0.3) is 0 Å². The van der Waals surface area contributed by atoms with Gasteiger partial charge >= 0.3 is 0 Å². The van der Waals surface area contributed by atoms with E-state index in [1.807, 2.05) is 29.8 Å². The first-order valence-corrected chi connectivity index (χ1v) is 8.52. The van der Waals surface area contributed by atoms with Crippen LogP contribution in [-0.4, -0.2) is 34.0 Å². The summed E-state index contributed by atoms with van der Waals surface area (Å²) in [6, 6.07) is 5.94. The highest BCUT2D eigenvalue weighted by Gasteiger charge is 2.15. The zero-order valence-electron chi connectivity index (χ0n) is 15.1. The normalized spacial score (nSPS) is 11.1. The summed E-state index contributed by atoms with van der Waals surface area (Å²) in [6.07, 6.45) is 3.76. The summed E-state index contributed by atoms with van der Waals surface area (Å²) in [7, 11) is 1.76. The number of pyridine rings is 1. The minimum Gasteiger partial charge on any atom is -0.344 e. The fourth-order valence-electron chi connectivity index (χ4n) is 3.03. The van der Waals surface area contributed by atoms with Crippen LogP contribution in [-0.2, 0) is 17.8 Å². The van der Waals surface area contributed by atoms with E-state index in [1.165, 1.54) is 6.07 Å². The van der Waals surface area contributed by atoms with Crippen LogP contribution in [0.2, 0.25) is 0 Å². The minimum absolute atomic E-state index is 0.0174. The number of nitrogens with zero attached hydrogens (tertiary/aromatic N) is 3. The molecule has 0 bridgehead atoms. The van der Waals surface area contributed by atoms with Crippen molar-refractivity contribution in [1.82, 2.24) is 14.5 Å². The smallest absolute Gasteiger partial charge is 0.242 e. The number of hydrogen-bond donors (Lipinski definition) is 0. The van der Waals surface area contributed by atoms with E-state index in [0.29, 0.717) is 23.4 Å². The van der Waals surface area contributed by atoms with Crippen molar-refractivity contribution in [3.8, 4) is 0 Å².